The number of hydrogen-bond acceptors (Lipinski definition) is 4. The van der Waals surface area contributed by atoms with Crippen molar-refractivity contribution in [1.29, 1.82) is 0 Å². The largest absolute Gasteiger partial charge is 0.391 e. The van der Waals surface area contributed by atoms with Crippen LogP contribution in [0.5, 0.6) is 0 Å². The van der Waals surface area contributed by atoms with Gasteiger partial charge in [0.2, 0.25) is 0 Å². The summed E-state index contributed by atoms with van der Waals surface area (Å²) in [4.78, 5) is 2.48. The Hall–Kier alpha value is -1.72. The number of likely N-dealkylation sites (tertiary alicyclic amines) is 1. The standard InChI is InChI=1S/C20H28N4O/c25-20-9-5-4-8-19(20)24-15-18(21-22-24)14-23-12-10-17(11-13-23)16-6-2-1-3-7-16/h1-3,6-7,15,17,19-20,25H,4-5,8-14H2/t19-,20-/m1/s1. The molecule has 0 unspecified atom stereocenters. The SMILES string of the molecule is O[C@@H]1CCCC[C@H]1n1cc(CN2CCC(c3ccccc3)CC2)nn1. The van der Waals surface area contributed by atoms with Crippen LogP contribution in [0.3, 0.4) is 0 Å². The van der Waals surface area contributed by atoms with Gasteiger partial charge in [-0.3, -0.25) is 4.90 Å². The number of rotatable bonds is 4. The van der Waals surface area contributed by atoms with Crippen LogP contribution in [0.25, 0.3) is 0 Å². The number of benzene rings is 1. The Morgan fingerprint density at radius 3 is 2.52 bits per heavy atom. The Morgan fingerprint density at radius 2 is 1.76 bits per heavy atom. The van der Waals surface area contributed by atoms with E-state index < -0.39 is 0 Å². The minimum absolute atomic E-state index is 0.110. The maximum Gasteiger partial charge on any atom is 0.0967 e. The van der Waals surface area contributed by atoms with Crippen molar-refractivity contribution in [3.63, 3.8) is 0 Å². The Bertz CT molecular complexity index is 663. The monoisotopic (exact) mass is 340 g/mol. The van der Waals surface area contributed by atoms with Crippen molar-refractivity contribution in [2.75, 3.05) is 13.1 Å². The summed E-state index contributed by atoms with van der Waals surface area (Å²) in [6, 6.07) is 11.0. The van der Waals surface area contributed by atoms with Gasteiger partial charge in [0.05, 0.1) is 24.0 Å². The zero-order valence-electron chi connectivity index (χ0n) is 14.8. The Labute approximate surface area is 149 Å². The molecule has 25 heavy (non-hydrogen) atoms. The van der Waals surface area contributed by atoms with Crippen molar-refractivity contribution in [2.24, 2.45) is 0 Å². The third kappa shape index (κ3) is 3.93. The van der Waals surface area contributed by atoms with Gasteiger partial charge in [0.25, 0.3) is 0 Å². The van der Waals surface area contributed by atoms with E-state index in [1.165, 1.54) is 24.8 Å². The summed E-state index contributed by atoms with van der Waals surface area (Å²) in [7, 11) is 0. The second-order valence-corrected chi connectivity index (χ2v) is 7.57. The van der Waals surface area contributed by atoms with E-state index in [1.807, 2.05) is 10.9 Å². The quantitative estimate of drug-likeness (QED) is 0.929. The van der Waals surface area contributed by atoms with E-state index in [0.29, 0.717) is 5.92 Å². The van der Waals surface area contributed by atoms with Gasteiger partial charge in [-0.25, -0.2) is 4.68 Å². The van der Waals surface area contributed by atoms with Crippen LogP contribution in [0.1, 0.15) is 61.7 Å². The zero-order valence-corrected chi connectivity index (χ0v) is 14.8. The van der Waals surface area contributed by atoms with Crippen LogP contribution in [0.15, 0.2) is 36.5 Å². The Balaban J connectivity index is 1.32. The van der Waals surface area contributed by atoms with Crippen LogP contribution in [0.4, 0.5) is 0 Å². The van der Waals surface area contributed by atoms with E-state index in [1.54, 1.807) is 0 Å². The van der Waals surface area contributed by atoms with Gasteiger partial charge in [-0.2, -0.15) is 0 Å². The molecule has 2 atom stereocenters. The van der Waals surface area contributed by atoms with E-state index in [9.17, 15) is 5.11 Å². The molecule has 1 aliphatic heterocycles. The first-order chi connectivity index (χ1) is 12.3. The molecule has 134 valence electrons. The van der Waals surface area contributed by atoms with E-state index in [0.717, 1.165) is 44.6 Å². The lowest BCUT2D eigenvalue weighted by Crippen LogP contribution is -2.32. The number of piperidine rings is 1. The van der Waals surface area contributed by atoms with Crippen LogP contribution in [0, 0.1) is 0 Å². The molecule has 5 nitrogen and oxygen atoms in total. The lowest BCUT2D eigenvalue weighted by atomic mass is 9.89. The average Bonchev–Trinajstić information content (AvgIpc) is 3.12. The highest BCUT2D eigenvalue weighted by Gasteiger charge is 2.26. The molecule has 4 rings (SSSR count). The van der Waals surface area contributed by atoms with E-state index >= 15 is 0 Å². The summed E-state index contributed by atoms with van der Waals surface area (Å²) in [5, 5.41) is 18.8. The number of nitrogens with zero attached hydrogens (tertiary/aromatic N) is 4. The predicted octanol–water partition coefficient (Wildman–Crippen LogP) is 3.13. The smallest absolute Gasteiger partial charge is 0.0967 e. The molecule has 0 bridgehead atoms. The van der Waals surface area contributed by atoms with Crippen LogP contribution in [-0.2, 0) is 6.54 Å². The third-order valence-corrected chi connectivity index (χ3v) is 5.84. The van der Waals surface area contributed by atoms with E-state index in [-0.39, 0.29) is 12.1 Å². The summed E-state index contributed by atoms with van der Waals surface area (Å²) < 4.78 is 1.90. The molecule has 1 saturated heterocycles. The molecular weight excluding hydrogens is 312 g/mol. The van der Waals surface area contributed by atoms with Gasteiger partial charge in [0, 0.05) is 6.54 Å². The molecule has 5 heteroatoms. The number of hydrogen-bond donors (Lipinski definition) is 1. The summed E-state index contributed by atoms with van der Waals surface area (Å²) in [5.74, 6) is 0.686. The van der Waals surface area contributed by atoms with Gasteiger partial charge in [0.1, 0.15) is 0 Å². The van der Waals surface area contributed by atoms with Gasteiger partial charge < -0.3 is 5.11 Å². The molecule has 0 radical (unpaired) electrons. The molecule has 0 amide bonds. The molecule has 2 heterocycles. The topological polar surface area (TPSA) is 54.2 Å². The van der Waals surface area contributed by atoms with Crippen molar-refractivity contribution < 1.29 is 5.11 Å². The minimum atomic E-state index is -0.273. The van der Waals surface area contributed by atoms with Crippen molar-refractivity contribution in [3.8, 4) is 0 Å². The van der Waals surface area contributed by atoms with Crippen LogP contribution >= 0.6 is 0 Å². The van der Waals surface area contributed by atoms with Gasteiger partial charge in [-0.15, -0.1) is 5.10 Å². The Kier molecular flexibility index (Phi) is 5.13. The highest BCUT2D eigenvalue weighted by molar-refractivity contribution is 5.20. The fourth-order valence-electron chi connectivity index (χ4n) is 4.33. The van der Waals surface area contributed by atoms with Gasteiger partial charge in [-0.05, 0) is 50.3 Å². The maximum atomic E-state index is 10.2. The lowest BCUT2D eigenvalue weighted by molar-refractivity contribution is 0.0685. The second kappa shape index (κ2) is 7.67. The average molecular weight is 340 g/mol. The first-order valence-electron chi connectivity index (χ1n) is 9.65. The van der Waals surface area contributed by atoms with Crippen molar-refractivity contribution in [3.05, 3.63) is 47.8 Å². The predicted molar refractivity (Wildman–Crippen MR) is 97.2 cm³/mol. The summed E-state index contributed by atoms with van der Waals surface area (Å²) in [5.41, 5.74) is 2.50. The van der Waals surface area contributed by atoms with Crippen LogP contribution in [-0.4, -0.2) is 44.2 Å². The maximum absolute atomic E-state index is 10.2. The van der Waals surface area contributed by atoms with Gasteiger partial charge >= 0.3 is 0 Å². The highest BCUT2D eigenvalue weighted by atomic mass is 16.3. The van der Waals surface area contributed by atoms with Gasteiger partial charge in [-0.1, -0.05) is 48.4 Å². The molecule has 1 aliphatic carbocycles. The fourth-order valence-corrected chi connectivity index (χ4v) is 4.33. The number of aliphatic hydroxyl groups is 1. The number of aromatic nitrogens is 3. The van der Waals surface area contributed by atoms with Crippen molar-refractivity contribution >= 4 is 0 Å². The molecular formula is C20H28N4O. The minimum Gasteiger partial charge on any atom is -0.391 e. The summed E-state index contributed by atoms with van der Waals surface area (Å²) in [6.07, 6.45) is 8.37. The number of aliphatic hydroxyl groups excluding tert-OH is 1. The lowest BCUT2D eigenvalue weighted by Gasteiger charge is -2.31. The first kappa shape index (κ1) is 16.7. The molecule has 1 N–H and O–H groups in total. The fraction of sp³-hybridized carbons (Fsp3) is 0.600. The second-order valence-electron chi connectivity index (χ2n) is 7.57. The Morgan fingerprint density at radius 1 is 1.00 bits per heavy atom. The molecule has 2 aliphatic rings. The molecule has 1 saturated carbocycles. The third-order valence-electron chi connectivity index (χ3n) is 5.84. The normalized spacial score (nSPS) is 26.0. The molecule has 1 aromatic heterocycles. The van der Waals surface area contributed by atoms with E-state index in [2.05, 4.69) is 45.5 Å². The van der Waals surface area contributed by atoms with Crippen LogP contribution in [0.2, 0.25) is 0 Å². The van der Waals surface area contributed by atoms with Gasteiger partial charge in [0.15, 0.2) is 0 Å². The highest BCUT2D eigenvalue weighted by Crippen LogP contribution is 2.29. The molecule has 0 spiro atoms. The summed E-state index contributed by atoms with van der Waals surface area (Å²) in [6.45, 7) is 3.08. The first-order valence-corrected chi connectivity index (χ1v) is 9.65. The zero-order chi connectivity index (χ0) is 17.1. The molecule has 1 aromatic carbocycles. The summed E-state index contributed by atoms with van der Waals surface area (Å²) >= 11 is 0. The molecule has 2 fully saturated rings. The molecule has 2 aromatic rings. The van der Waals surface area contributed by atoms with Crippen molar-refractivity contribution in [2.45, 2.75) is 63.1 Å². The van der Waals surface area contributed by atoms with Crippen molar-refractivity contribution in [1.82, 2.24) is 19.9 Å². The van der Waals surface area contributed by atoms with E-state index in [4.69, 9.17) is 0 Å². The van der Waals surface area contributed by atoms with Crippen LogP contribution < -0.4 is 0 Å².